The molecule has 0 amide bonds. The predicted molar refractivity (Wildman–Crippen MR) is 99.8 cm³/mol. The van der Waals surface area contributed by atoms with Crippen LogP contribution in [0, 0.1) is 0 Å². The lowest BCUT2D eigenvalue weighted by atomic mass is 9.98. The van der Waals surface area contributed by atoms with Crippen LogP contribution >= 0.6 is 0 Å². The average Bonchev–Trinajstić information content (AvgIpc) is 3.22. The van der Waals surface area contributed by atoms with Crippen LogP contribution in [-0.4, -0.2) is 111 Å². The van der Waals surface area contributed by atoms with Gasteiger partial charge in [0.2, 0.25) is 13.1 Å². The zero-order chi connectivity index (χ0) is 23.2. The molecule has 10 unspecified atom stereocenters. The van der Waals surface area contributed by atoms with Crippen molar-refractivity contribution in [3.8, 4) is 23.0 Å². The van der Waals surface area contributed by atoms with Crippen LogP contribution in [0.3, 0.4) is 0 Å². The molecule has 0 saturated carbocycles. The highest BCUT2D eigenvalue weighted by molar-refractivity contribution is 5.54. The van der Waals surface area contributed by atoms with E-state index in [2.05, 4.69) is 0 Å². The van der Waals surface area contributed by atoms with Crippen LogP contribution < -0.4 is 14.2 Å². The highest BCUT2D eigenvalue weighted by Crippen LogP contribution is 2.42. The van der Waals surface area contributed by atoms with E-state index in [1.807, 2.05) is 0 Å². The summed E-state index contributed by atoms with van der Waals surface area (Å²) in [5.74, 6) is 0.133. The second-order valence-corrected chi connectivity index (χ2v) is 7.82. The van der Waals surface area contributed by atoms with E-state index in [1.54, 1.807) is 0 Å². The maximum atomic E-state index is 10.3. The van der Waals surface area contributed by atoms with Crippen LogP contribution in [0.4, 0.5) is 0 Å². The van der Waals surface area contributed by atoms with Gasteiger partial charge in [0.15, 0.2) is 29.3 Å². The molecule has 0 radical (unpaired) electrons. The molecule has 13 heteroatoms. The summed E-state index contributed by atoms with van der Waals surface area (Å²) < 4.78 is 32.1. The van der Waals surface area contributed by atoms with Crippen molar-refractivity contribution in [3.05, 3.63) is 12.1 Å². The number of benzene rings is 1. The van der Waals surface area contributed by atoms with Gasteiger partial charge in [-0.15, -0.1) is 0 Å². The van der Waals surface area contributed by atoms with Crippen molar-refractivity contribution >= 4 is 0 Å². The first-order valence-electron chi connectivity index (χ1n) is 9.97. The van der Waals surface area contributed by atoms with Gasteiger partial charge in [-0.1, -0.05) is 0 Å². The fourth-order valence-electron chi connectivity index (χ4n) is 3.62. The van der Waals surface area contributed by atoms with E-state index in [4.69, 9.17) is 28.4 Å². The molecule has 3 aliphatic rings. The molecule has 1 aromatic carbocycles. The molecule has 2 saturated heterocycles. The van der Waals surface area contributed by atoms with Crippen LogP contribution in [-0.2, 0) is 14.2 Å². The third-order valence-corrected chi connectivity index (χ3v) is 5.60. The highest BCUT2D eigenvalue weighted by Gasteiger charge is 2.47. The SMILES string of the molecule is CC1OC(OCC2OC(Oc3cc4c(cc3O)OCO4)C(O)C(O)C2O)C(O)C(O)C1O. The minimum atomic E-state index is -1.69. The number of rotatable bonds is 5. The number of aromatic hydroxyl groups is 1. The van der Waals surface area contributed by atoms with Gasteiger partial charge in [0, 0.05) is 12.1 Å². The molecule has 3 aliphatic heterocycles. The van der Waals surface area contributed by atoms with E-state index >= 15 is 0 Å². The van der Waals surface area contributed by atoms with Crippen molar-refractivity contribution in [2.24, 2.45) is 0 Å². The summed E-state index contributed by atoms with van der Waals surface area (Å²) in [5, 5.41) is 70.5. The summed E-state index contributed by atoms with van der Waals surface area (Å²) in [4.78, 5) is 0. The molecule has 7 N–H and O–H groups in total. The molecule has 180 valence electrons. The monoisotopic (exact) mass is 462 g/mol. The van der Waals surface area contributed by atoms with Crippen molar-refractivity contribution < 1.29 is 64.2 Å². The molecule has 2 fully saturated rings. The van der Waals surface area contributed by atoms with E-state index in [1.165, 1.54) is 19.1 Å². The summed E-state index contributed by atoms with van der Waals surface area (Å²) >= 11 is 0. The van der Waals surface area contributed by atoms with Crippen molar-refractivity contribution in [3.63, 3.8) is 0 Å². The van der Waals surface area contributed by atoms with E-state index in [9.17, 15) is 35.7 Å². The Morgan fingerprint density at radius 2 is 1.44 bits per heavy atom. The number of phenolic OH excluding ortho intramolecular Hbond substituents is 1. The van der Waals surface area contributed by atoms with Crippen LogP contribution in [0.2, 0.25) is 0 Å². The number of hydrogen-bond acceptors (Lipinski definition) is 13. The maximum absolute atomic E-state index is 10.3. The topological polar surface area (TPSA) is 197 Å². The Morgan fingerprint density at radius 1 is 0.812 bits per heavy atom. The molecular weight excluding hydrogens is 436 g/mol. The van der Waals surface area contributed by atoms with Crippen molar-refractivity contribution in [1.82, 2.24) is 0 Å². The maximum Gasteiger partial charge on any atom is 0.231 e. The largest absolute Gasteiger partial charge is 0.504 e. The van der Waals surface area contributed by atoms with Gasteiger partial charge in [-0.05, 0) is 6.92 Å². The Morgan fingerprint density at radius 3 is 2.16 bits per heavy atom. The molecule has 10 atom stereocenters. The van der Waals surface area contributed by atoms with E-state index in [0.29, 0.717) is 11.5 Å². The molecule has 0 bridgehead atoms. The van der Waals surface area contributed by atoms with Crippen LogP contribution in [0.1, 0.15) is 6.92 Å². The lowest BCUT2D eigenvalue weighted by Gasteiger charge is -2.42. The van der Waals surface area contributed by atoms with Crippen LogP contribution in [0.25, 0.3) is 0 Å². The second kappa shape index (κ2) is 9.13. The highest BCUT2D eigenvalue weighted by atomic mass is 16.7. The summed E-state index contributed by atoms with van der Waals surface area (Å²) in [6, 6.07) is 2.57. The molecule has 0 aliphatic carbocycles. The molecule has 13 nitrogen and oxygen atoms in total. The average molecular weight is 462 g/mol. The molecule has 0 aromatic heterocycles. The number of fused-ring (bicyclic) bond motifs is 1. The normalized spacial score (nSPS) is 41.5. The summed E-state index contributed by atoms with van der Waals surface area (Å²) in [6.07, 6.45) is -14.3. The Labute approximate surface area is 181 Å². The Bertz CT molecular complexity index is 806. The Kier molecular flexibility index (Phi) is 6.63. The predicted octanol–water partition coefficient (Wildman–Crippen LogP) is -2.85. The molecule has 1 aromatic rings. The quantitative estimate of drug-likeness (QED) is 0.236. The summed E-state index contributed by atoms with van der Waals surface area (Å²) in [7, 11) is 0. The minimum Gasteiger partial charge on any atom is -0.504 e. The molecular formula is C19H26O13. The third-order valence-electron chi connectivity index (χ3n) is 5.60. The number of phenols is 1. The lowest BCUT2D eigenvalue weighted by Crippen LogP contribution is -2.61. The van der Waals surface area contributed by atoms with Gasteiger partial charge in [-0.2, -0.15) is 0 Å². The summed E-state index contributed by atoms with van der Waals surface area (Å²) in [6.45, 7) is 1.00. The summed E-state index contributed by atoms with van der Waals surface area (Å²) in [5.41, 5.74) is 0. The van der Waals surface area contributed by atoms with Gasteiger partial charge >= 0.3 is 0 Å². The third kappa shape index (κ3) is 4.31. The standard InChI is InChI=1S/C19H26O13/c1-6-12(21)14(23)16(25)18(30-6)27-4-11-13(22)15(24)17(26)19(32-11)31-8-3-10-9(2-7(8)20)28-5-29-10/h2-3,6,11-26H,4-5H2,1H3. The second-order valence-electron chi connectivity index (χ2n) is 7.82. The van der Waals surface area contributed by atoms with E-state index in [0.717, 1.165) is 0 Å². The number of hydrogen-bond donors (Lipinski definition) is 7. The molecule has 4 rings (SSSR count). The van der Waals surface area contributed by atoms with Gasteiger partial charge in [0.25, 0.3) is 0 Å². The molecule has 32 heavy (non-hydrogen) atoms. The zero-order valence-corrected chi connectivity index (χ0v) is 16.9. The van der Waals surface area contributed by atoms with Crippen LogP contribution in [0.5, 0.6) is 23.0 Å². The van der Waals surface area contributed by atoms with E-state index in [-0.39, 0.29) is 18.3 Å². The van der Waals surface area contributed by atoms with Gasteiger partial charge in [-0.3, -0.25) is 0 Å². The van der Waals surface area contributed by atoms with Crippen molar-refractivity contribution in [2.45, 2.75) is 68.3 Å². The molecule has 0 spiro atoms. The number of aliphatic hydroxyl groups is 6. The van der Waals surface area contributed by atoms with Gasteiger partial charge < -0.3 is 64.2 Å². The van der Waals surface area contributed by atoms with Gasteiger partial charge in [-0.25, -0.2) is 0 Å². The minimum absolute atomic E-state index is 0.0372. The Hall–Kier alpha value is -1.94. The lowest BCUT2D eigenvalue weighted by molar-refractivity contribution is -0.318. The number of ether oxygens (including phenoxy) is 6. The zero-order valence-electron chi connectivity index (χ0n) is 16.9. The van der Waals surface area contributed by atoms with Crippen molar-refractivity contribution in [2.75, 3.05) is 13.4 Å². The fourth-order valence-corrected chi connectivity index (χ4v) is 3.62. The smallest absolute Gasteiger partial charge is 0.231 e. The first-order chi connectivity index (χ1) is 15.2. The first-order valence-corrected chi connectivity index (χ1v) is 9.97. The molecule has 3 heterocycles. The first kappa shape index (κ1) is 23.2. The van der Waals surface area contributed by atoms with Crippen molar-refractivity contribution in [1.29, 1.82) is 0 Å². The Balaban J connectivity index is 1.43. The van der Waals surface area contributed by atoms with E-state index < -0.39 is 68.0 Å². The number of aliphatic hydroxyl groups excluding tert-OH is 6. The van der Waals surface area contributed by atoms with Gasteiger partial charge in [0.1, 0.15) is 42.7 Å². The fraction of sp³-hybridized carbons (Fsp3) is 0.684. The van der Waals surface area contributed by atoms with Gasteiger partial charge in [0.05, 0.1) is 12.7 Å². The van der Waals surface area contributed by atoms with Crippen LogP contribution in [0.15, 0.2) is 12.1 Å².